The number of nitrogens with zero attached hydrogens (tertiary/aromatic N) is 5. The van der Waals surface area contributed by atoms with Crippen molar-refractivity contribution >= 4 is 22.5 Å². The molecule has 1 fully saturated rings. The Kier molecular flexibility index (Phi) is 5.20. The van der Waals surface area contributed by atoms with Crippen LogP contribution in [0.1, 0.15) is 12.5 Å². The lowest BCUT2D eigenvalue weighted by Gasteiger charge is -2.15. The molecule has 0 radical (unpaired) electrons. The molecular formula is C26H20ClN5O2. The lowest BCUT2D eigenvalue weighted by molar-refractivity contribution is 0.187. The lowest BCUT2D eigenvalue weighted by Crippen LogP contribution is -2.22. The largest absolute Gasteiger partial charge is 0.379 e. The first kappa shape index (κ1) is 20.8. The molecular weight excluding hydrogens is 450 g/mol. The highest BCUT2D eigenvalue weighted by molar-refractivity contribution is 6.30. The Hall–Kier alpha value is -3.81. The Morgan fingerprint density at radius 1 is 0.941 bits per heavy atom. The standard InChI is InChI=1S/C26H20ClN5O2/c27-19-9-10-23(29-15-19)32-25(30-22-4-2-1-3-21(22)26(32)33)18-7-5-17(6-8-18)24-28-12-13-31(24)20-11-14-34-16-20/h1-10,12-13,15,20H,11,14,16H2. The molecule has 0 bridgehead atoms. The Bertz CT molecular complexity index is 1530. The fourth-order valence-corrected chi connectivity index (χ4v) is 4.49. The minimum atomic E-state index is -0.184. The number of rotatable bonds is 4. The molecule has 0 N–H and O–H groups in total. The average molecular weight is 470 g/mol. The van der Waals surface area contributed by atoms with Crippen LogP contribution < -0.4 is 5.56 Å². The molecule has 1 saturated heterocycles. The van der Waals surface area contributed by atoms with Crippen LogP contribution in [0.5, 0.6) is 0 Å². The molecule has 3 aromatic heterocycles. The fraction of sp³-hybridized carbons (Fsp3) is 0.154. The van der Waals surface area contributed by atoms with Crippen molar-refractivity contribution in [1.29, 1.82) is 0 Å². The fourth-order valence-electron chi connectivity index (χ4n) is 4.38. The second kappa shape index (κ2) is 8.52. The lowest BCUT2D eigenvalue weighted by atomic mass is 10.1. The van der Waals surface area contributed by atoms with Gasteiger partial charge in [-0.2, -0.15) is 0 Å². The first-order valence-corrected chi connectivity index (χ1v) is 11.4. The minimum Gasteiger partial charge on any atom is -0.379 e. The maximum atomic E-state index is 13.5. The van der Waals surface area contributed by atoms with E-state index in [0.29, 0.717) is 40.2 Å². The van der Waals surface area contributed by atoms with Crippen molar-refractivity contribution in [3.63, 3.8) is 0 Å². The minimum absolute atomic E-state index is 0.184. The molecule has 34 heavy (non-hydrogen) atoms. The predicted octanol–water partition coefficient (Wildman–Crippen LogP) is 4.93. The smallest absolute Gasteiger partial charge is 0.267 e. The SMILES string of the molecule is O=c1c2ccccc2nc(-c2ccc(-c3nccn3C3CCOC3)cc2)n1-c1ccc(Cl)cn1. The maximum Gasteiger partial charge on any atom is 0.267 e. The summed E-state index contributed by atoms with van der Waals surface area (Å²) < 4.78 is 9.26. The number of hydrogen-bond acceptors (Lipinski definition) is 5. The van der Waals surface area contributed by atoms with Crippen molar-refractivity contribution in [2.45, 2.75) is 12.5 Å². The van der Waals surface area contributed by atoms with Crippen LogP contribution in [-0.2, 0) is 4.74 Å². The van der Waals surface area contributed by atoms with Crippen molar-refractivity contribution < 1.29 is 4.74 Å². The van der Waals surface area contributed by atoms with E-state index in [-0.39, 0.29) is 5.56 Å². The van der Waals surface area contributed by atoms with Gasteiger partial charge in [0.1, 0.15) is 17.5 Å². The number of halogens is 1. The molecule has 0 amide bonds. The van der Waals surface area contributed by atoms with E-state index in [1.807, 2.05) is 54.9 Å². The van der Waals surface area contributed by atoms with E-state index in [4.69, 9.17) is 21.3 Å². The van der Waals surface area contributed by atoms with E-state index in [0.717, 1.165) is 30.0 Å². The Balaban J connectivity index is 1.48. The molecule has 2 aromatic carbocycles. The second-order valence-electron chi connectivity index (χ2n) is 8.18. The normalized spacial score (nSPS) is 15.7. The molecule has 6 rings (SSSR count). The Morgan fingerprint density at radius 2 is 1.74 bits per heavy atom. The van der Waals surface area contributed by atoms with E-state index in [2.05, 4.69) is 14.5 Å². The highest BCUT2D eigenvalue weighted by atomic mass is 35.5. The average Bonchev–Trinajstić information content (AvgIpc) is 3.57. The van der Waals surface area contributed by atoms with Gasteiger partial charge in [-0.15, -0.1) is 0 Å². The number of pyridine rings is 1. The van der Waals surface area contributed by atoms with Gasteiger partial charge in [-0.05, 0) is 30.7 Å². The number of imidazole rings is 1. The summed E-state index contributed by atoms with van der Waals surface area (Å²) in [4.78, 5) is 27.3. The zero-order valence-electron chi connectivity index (χ0n) is 18.1. The van der Waals surface area contributed by atoms with Crippen LogP contribution in [0.3, 0.4) is 0 Å². The van der Waals surface area contributed by atoms with Crippen LogP contribution in [0.4, 0.5) is 0 Å². The van der Waals surface area contributed by atoms with Crippen LogP contribution in [-0.4, -0.2) is 37.3 Å². The molecule has 0 saturated carbocycles. The van der Waals surface area contributed by atoms with Gasteiger partial charge in [-0.3, -0.25) is 4.79 Å². The van der Waals surface area contributed by atoms with Gasteiger partial charge in [-0.1, -0.05) is 48.0 Å². The molecule has 0 spiro atoms. The van der Waals surface area contributed by atoms with Crippen molar-refractivity contribution in [2.75, 3.05) is 13.2 Å². The highest BCUT2D eigenvalue weighted by Gasteiger charge is 2.21. The highest BCUT2D eigenvalue weighted by Crippen LogP contribution is 2.29. The summed E-state index contributed by atoms with van der Waals surface area (Å²) in [6.45, 7) is 1.47. The van der Waals surface area contributed by atoms with Gasteiger partial charge in [0.25, 0.3) is 5.56 Å². The molecule has 1 unspecified atom stereocenters. The molecule has 8 heteroatoms. The van der Waals surface area contributed by atoms with E-state index in [9.17, 15) is 4.79 Å². The first-order chi connectivity index (χ1) is 16.7. The Morgan fingerprint density at radius 3 is 2.47 bits per heavy atom. The number of fused-ring (bicyclic) bond motifs is 1. The maximum absolute atomic E-state index is 13.5. The quantitative estimate of drug-likeness (QED) is 0.373. The summed E-state index contributed by atoms with van der Waals surface area (Å²) in [5.41, 5.74) is 2.23. The zero-order chi connectivity index (χ0) is 23.1. The van der Waals surface area contributed by atoms with Gasteiger partial charge in [0.05, 0.1) is 28.6 Å². The molecule has 1 aliphatic heterocycles. The van der Waals surface area contributed by atoms with Gasteiger partial charge < -0.3 is 9.30 Å². The van der Waals surface area contributed by atoms with Crippen molar-refractivity contribution in [3.05, 3.63) is 94.6 Å². The van der Waals surface area contributed by atoms with Gasteiger partial charge >= 0.3 is 0 Å². The third-order valence-electron chi connectivity index (χ3n) is 6.09. The van der Waals surface area contributed by atoms with E-state index < -0.39 is 0 Å². The van der Waals surface area contributed by atoms with Crippen LogP contribution in [0.2, 0.25) is 5.02 Å². The van der Waals surface area contributed by atoms with Crippen molar-refractivity contribution in [1.82, 2.24) is 24.1 Å². The van der Waals surface area contributed by atoms with E-state index in [1.165, 1.54) is 10.8 Å². The molecule has 168 valence electrons. The number of aromatic nitrogens is 5. The molecule has 5 aromatic rings. The zero-order valence-corrected chi connectivity index (χ0v) is 18.9. The number of para-hydroxylation sites is 1. The third-order valence-corrected chi connectivity index (χ3v) is 6.31. The van der Waals surface area contributed by atoms with Gasteiger partial charge in [0, 0.05) is 36.3 Å². The number of hydrogen-bond donors (Lipinski definition) is 0. The van der Waals surface area contributed by atoms with Gasteiger partial charge in [0.15, 0.2) is 0 Å². The van der Waals surface area contributed by atoms with Crippen molar-refractivity contribution in [2.24, 2.45) is 0 Å². The van der Waals surface area contributed by atoms with E-state index >= 15 is 0 Å². The molecule has 1 atom stereocenters. The summed E-state index contributed by atoms with van der Waals surface area (Å²) >= 11 is 6.04. The van der Waals surface area contributed by atoms with Crippen molar-refractivity contribution in [3.8, 4) is 28.6 Å². The summed E-state index contributed by atoms with van der Waals surface area (Å²) in [7, 11) is 0. The monoisotopic (exact) mass is 469 g/mol. The van der Waals surface area contributed by atoms with Crippen LogP contribution >= 0.6 is 11.6 Å². The van der Waals surface area contributed by atoms with Gasteiger partial charge in [-0.25, -0.2) is 19.5 Å². The third kappa shape index (κ3) is 3.59. The van der Waals surface area contributed by atoms with Crippen LogP contribution in [0.25, 0.3) is 39.5 Å². The molecule has 1 aliphatic rings. The van der Waals surface area contributed by atoms with Crippen LogP contribution in [0, 0.1) is 0 Å². The second-order valence-corrected chi connectivity index (χ2v) is 8.62. The summed E-state index contributed by atoms with van der Waals surface area (Å²) in [5, 5.41) is 1.03. The molecule has 7 nitrogen and oxygen atoms in total. The predicted molar refractivity (Wildman–Crippen MR) is 131 cm³/mol. The Labute approximate surface area is 200 Å². The number of benzene rings is 2. The van der Waals surface area contributed by atoms with Crippen LogP contribution in [0.15, 0.2) is 84.0 Å². The summed E-state index contributed by atoms with van der Waals surface area (Å²) in [6.07, 6.45) is 6.31. The first-order valence-electron chi connectivity index (χ1n) is 11.0. The topological polar surface area (TPSA) is 74.8 Å². The molecule has 0 aliphatic carbocycles. The van der Waals surface area contributed by atoms with Gasteiger partial charge in [0.2, 0.25) is 0 Å². The number of ether oxygens (including phenoxy) is 1. The summed E-state index contributed by atoms with van der Waals surface area (Å²) in [5.74, 6) is 1.87. The summed E-state index contributed by atoms with van der Waals surface area (Å²) in [6, 6.07) is 19.0. The molecule has 4 heterocycles. The van der Waals surface area contributed by atoms with E-state index in [1.54, 1.807) is 18.2 Å².